The zero-order valence-corrected chi connectivity index (χ0v) is 10.4. The van der Waals surface area contributed by atoms with E-state index in [0.29, 0.717) is 26.1 Å². The zero-order chi connectivity index (χ0) is 12.2. The number of unbranched alkanes of at least 4 members (excludes halogenated alkanes) is 2. The first-order valence-corrected chi connectivity index (χ1v) is 6.20. The van der Waals surface area contributed by atoms with Crippen molar-refractivity contribution in [3.05, 3.63) is 0 Å². The Morgan fingerprint density at radius 1 is 1.38 bits per heavy atom. The molecule has 3 N–H and O–H groups in total. The van der Waals surface area contributed by atoms with Crippen LogP contribution < -0.4 is 5.73 Å². The van der Waals surface area contributed by atoms with Gasteiger partial charge in [-0.25, -0.2) is 0 Å². The van der Waals surface area contributed by atoms with Crippen molar-refractivity contribution in [3.63, 3.8) is 0 Å². The number of likely N-dealkylation sites (tertiary alicyclic amines) is 1. The standard InChI is InChI=1S/C12H24N2O2/c1-10(2)12(16)8-14(9-12)11(15)6-4-3-5-7-13/h10,16H,3-9,13H2,1-2H3. The van der Waals surface area contributed by atoms with Crippen LogP contribution >= 0.6 is 0 Å². The van der Waals surface area contributed by atoms with Gasteiger partial charge in [0.15, 0.2) is 0 Å². The van der Waals surface area contributed by atoms with E-state index >= 15 is 0 Å². The number of carbonyl (C=O) groups excluding carboxylic acids is 1. The van der Waals surface area contributed by atoms with E-state index in [4.69, 9.17) is 5.73 Å². The summed E-state index contributed by atoms with van der Waals surface area (Å²) in [7, 11) is 0. The van der Waals surface area contributed by atoms with E-state index in [9.17, 15) is 9.90 Å². The Morgan fingerprint density at radius 3 is 2.50 bits per heavy atom. The summed E-state index contributed by atoms with van der Waals surface area (Å²) >= 11 is 0. The van der Waals surface area contributed by atoms with Gasteiger partial charge in [-0.05, 0) is 25.3 Å². The molecule has 4 heteroatoms. The number of hydrogen-bond donors (Lipinski definition) is 2. The fourth-order valence-corrected chi connectivity index (χ4v) is 1.91. The number of hydrogen-bond acceptors (Lipinski definition) is 3. The highest BCUT2D eigenvalue weighted by atomic mass is 16.3. The minimum atomic E-state index is -0.646. The molecule has 0 saturated carbocycles. The summed E-state index contributed by atoms with van der Waals surface area (Å²) in [4.78, 5) is 13.4. The monoisotopic (exact) mass is 228 g/mol. The van der Waals surface area contributed by atoms with E-state index in [1.807, 2.05) is 13.8 Å². The lowest BCUT2D eigenvalue weighted by molar-refractivity contribution is -0.163. The molecule has 94 valence electrons. The van der Waals surface area contributed by atoms with Crippen molar-refractivity contribution in [2.45, 2.75) is 45.1 Å². The number of β-amino-alcohol motifs (C(OH)–C–C–N with tert-alkyl or cyclic N) is 1. The molecule has 0 aromatic carbocycles. The average Bonchev–Trinajstić information content (AvgIpc) is 2.19. The van der Waals surface area contributed by atoms with Crippen LogP contribution in [-0.4, -0.2) is 41.1 Å². The largest absolute Gasteiger partial charge is 0.386 e. The van der Waals surface area contributed by atoms with Crippen LogP contribution in [0.1, 0.15) is 39.5 Å². The molecule has 0 unspecified atom stereocenters. The molecule has 1 rings (SSSR count). The van der Waals surface area contributed by atoms with Gasteiger partial charge in [0.1, 0.15) is 5.60 Å². The second-order valence-electron chi connectivity index (χ2n) is 5.11. The number of aliphatic hydroxyl groups is 1. The maximum absolute atomic E-state index is 11.7. The molecule has 1 saturated heterocycles. The topological polar surface area (TPSA) is 66.6 Å². The van der Waals surface area contributed by atoms with Crippen molar-refractivity contribution in [3.8, 4) is 0 Å². The number of nitrogens with zero attached hydrogens (tertiary/aromatic N) is 1. The van der Waals surface area contributed by atoms with Gasteiger partial charge in [-0.2, -0.15) is 0 Å². The summed E-state index contributed by atoms with van der Waals surface area (Å²) in [5.74, 6) is 0.385. The van der Waals surface area contributed by atoms with Crippen molar-refractivity contribution in [1.29, 1.82) is 0 Å². The van der Waals surface area contributed by atoms with E-state index in [2.05, 4.69) is 0 Å². The fraction of sp³-hybridized carbons (Fsp3) is 0.917. The Bertz CT molecular complexity index is 235. The molecular formula is C12H24N2O2. The van der Waals surface area contributed by atoms with E-state index in [1.54, 1.807) is 4.90 Å². The summed E-state index contributed by atoms with van der Waals surface area (Å²) in [6.07, 6.45) is 3.51. The summed E-state index contributed by atoms with van der Waals surface area (Å²) in [6.45, 7) is 5.68. The molecule has 1 fully saturated rings. The number of amides is 1. The highest BCUT2D eigenvalue weighted by Crippen LogP contribution is 2.29. The lowest BCUT2D eigenvalue weighted by Gasteiger charge is -2.49. The zero-order valence-electron chi connectivity index (χ0n) is 10.4. The molecule has 1 aliphatic heterocycles. The van der Waals surface area contributed by atoms with Crippen molar-refractivity contribution in [1.82, 2.24) is 4.90 Å². The van der Waals surface area contributed by atoms with Crippen molar-refractivity contribution >= 4 is 5.91 Å². The Labute approximate surface area is 97.8 Å². The molecule has 0 atom stereocenters. The Morgan fingerprint density at radius 2 is 2.00 bits per heavy atom. The smallest absolute Gasteiger partial charge is 0.222 e. The van der Waals surface area contributed by atoms with Gasteiger partial charge in [0, 0.05) is 6.42 Å². The van der Waals surface area contributed by atoms with Gasteiger partial charge in [0.2, 0.25) is 5.91 Å². The van der Waals surface area contributed by atoms with Crippen LogP contribution in [0.25, 0.3) is 0 Å². The first-order chi connectivity index (χ1) is 7.49. The summed E-state index contributed by atoms with van der Waals surface area (Å²) < 4.78 is 0. The number of rotatable bonds is 6. The molecule has 0 radical (unpaired) electrons. The Hall–Kier alpha value is -0.610. The predicted molar refractivity (Wildman–Crippen MR) is 63.9 cm³/mol. The molecule has 0 bridgehead atoms. The van der Waals surface area contributed by atoms with E-state index < -0.39 is 5.60 Å². The number of carbonyl (C=O) groups is 1. The van der Waals surface area contributed by atoms with Crippen LogP contribution in [0.4, 0.5) is 0 Å². The van der Waals surface area contributed by atoms with Crippen LogP contribution in [0.2, 0.25) is 0 Å². The van der Waals surface area contributed by atoms with Crippen LogP contribution in [0.15, 0.2) is 0 Å². The Balaban J connectivity index is 2.17. The Kier molecular flexibility index (Phi) is 4.74. The summed E-state index contributed by atoms with van der Waals surface area (Å²) in [5.41, 5.74) is 4.74. The molecule has 1 aliphatic rings. The van der Waals surface area contributed by atoms with E-state index in [1.165, 1.54) is 0 Å². The normalized spacial score (nSPS) is 18.7. The van der Waals surface area contributed by atoms with Gasteiger partial charge in [-0.3, -0.25) is 4.79 Å². The third-order valence-corrected chi connectivity index (χ3v) is 3.45. The first-order valence-electron chi connectivity index (χ1n) is 6.20. The average molecular weight is 228 g/mol. The predicted octanol–water partition coefficient (Wildman–Crippen LogP) is 0.735. The lowest BCUT2D eigenvalue weighted by Crippen LogP contribution is -2.65. The van der Waals surface area contributed by atoms with Gasteiger partial charge >= 0.3 is 0 Å². The molecule has 0 spiro atoms. The van der Waals surface area contributed by atoms with Crippen LogP contribution in [-0.2, 0) is 4.79 Å². The highest BCUT2D eigenvalue weighted by Gasteiger charge is 2.45. The molecule has 4 nitrogen and oxygen atoms in total. The van der Waals surface area contributed by atoms with Gasteiger partial charge in [0.25, 0.3) is 0 Å². The quantitative estimate of drug-likeness (QED) is 0.659. The third-order valence-electron chi connectivity index (χ3n) is 3.45. The van der Waals surface area contributed by atoms with E-state index in [-0.39, 0.29) is 11.8 Å². The van der Waals surface area contributed by atoms with Crippen molar-refractivity contribution < 1.29 is 9.90 Å². The molecule has 1 heterocycles. The maximum atomic E-state index is 11.7. The van der Waals surface area contributed by atoms with Gasteiger partial charge in [0.05, 0.1) is 13.1 Å². The molecule has 1 amide bonds. The van der Waals surface area contributed by atoms with Crippen LogP contribution in [0.3, 0.4) is 0 Å². The maximum Gasteiger partial charge on any atom is 0.222 e. The van der Waals surface area contributed by atoms with E-state index in [0.717, 1.165) is 19.3 Å². The first kappa shape index (κ1) is 13.5. The molecule has 0 aromatic rings. The van der Waals surface area contributed by atoms with Crippen molar-refractivity contribution in [2.24, 2.45) is 11.7 Å². The van der Waals surface area contributed by atoms with Crippen LogP contribution in [0.5, 0.6) is 0 Å². The molecule has 0 aliphatic carbocycles. The highest BCUT2D eigenvalue weighted by molar-refractivity contribution is 5.77. The third kappa shape index (κ3) is 3.19. The molecule has 0 aromatic heterocycles. The summed E-state index contributed by atoms with van der Waals surface area (Å²) in [5, 5.41) is 10.0. The SMILES string of the molecule is CC(C)C1(O)CN(C(=O)CCCCCN)C1. The minimum Gasteiger partial charge on any atom is -0.386 e. The summed E-state index contributed by atoms with van der Waals surface area (Å²) in [6, 6.07) is 0. The molecular weight excluding hydrogens is 204 g/mol. The van der Waals surface area contributed by atoms with Crippen LogP contribution in [0, 0.1) is 5.92 Å². The lowest BCUT2D eigenvalue weighted by atomic mass is 9.83. The van der Waals surface area contributed by atoms with Crippen molar-refractivity contribution in [2.75, 3.05) is 19.6 Å². The minimum absolute atomic E-state index is 0.169. The second-order valence-corrected chi connectivity index (χ2v) is 5.11. The second kappa shape index (κ2) is 5.64. The van der Waals surface area contributed by atoms with Gasteiger partial charge in [-0.1, -0.05) is 20.3 Å². The number of nitrogens with two attached hydrogens (primary N) is 1. The van der Waals surface area contributed by atoms with Gasteiger partial charge < -0.3 is 15.7 Å². The van der Waals surface area contributed by atoms with Gasteiger partial charge in [-0.15, -0.1) is 0 Å². The fourth-order valence-electron chi connectivity index (χ4n) is 1.91. The molecule has 16 heavy (non-hydrogen) atoms.